The monoisotopic (exact) mass is 283 g/mol. The van der Waals surface area contributed by atoms with Crippen molar-refractivity contribution < 1.29 is 0 Å². The van der Waals surface area contributed by atoms with Gasteiger partial charge in [-0.05, 0) is 12.8 Å². The lowest BCUT2D eigenvalue weighted by Crippen LogP contribution is -2.37. The van der Waals surface area contributed by atoms with Crippen LogP contribution in [0.5, 0.6) is 0 Å². The van der Waals surface area contributed by atoms with Gasteiger partial charge in [0.1, 0.15) is 0 Å². The summed E-state index contributed by atoms with van der Waals surface area (Å²) in [4.78, 5) is 2.06. The van der Waals surface area contributed by atoms with Crippen molar-refractivity contribution in [3.8, 4) is 0 Å². The summed E-state index contributed by atoms with van der Waals surface area (Å²) in [5.41, 5.74) is 5.67. The molecule has 3 heteroatoms. The van der Waals surface area contributed by atoms with E-state index in [4.69, 9.17) is 11.1 Å². The van der Waals surface area contributed by atoms with Crippen LogP contribution in [0.25, 0.3) is 0 Å². The average Bonchev–Trinajstić information content (AvgIpc) is 2.43. The molecule has 0 aromatic carbocycles. The Labute approximate surface area is 126 Å². The molecule has 0 aliphatic heterocycles. The van der Waals surface area contributed by atoms with Crippen LogP contribution in [-0.4, -0.2) is 23.9 Å². The number of nitrogens with one attached hydrogen (secondary N) is 1. The van der Waals surface area contributed by atoms with E-state index in [1.807, 2.05) is 0 Å². The van der Waals surface area contributed by atoms with E-state index in [2.05, 4.69) is 18.7 Å². The van der Waals surface area contributed by atoms with Crippen molar-refractivity contribution >= 4 is 5.96 Å². The standard InChI is InChI=1S/C17H37N3/c1-3-5-7-9-11-13-15-20(17(18)19)16-14-12-10-8-6-4-2/h3-16H2,1-2H3,(H3,18,19). The van der Waals surface area contributed by atoms with Gasteiger partial charge in [-0.1, -0.05) is 78.1 Å². The molecule has 0 atom stereocenters. The van der Waals surface area contributed by atoms with Crippen molar-refractivity contribution in [3.63, 3.8) is 0 Å². The largest absolute Gasteiger partial charge is 0.370 e. The molecule has 0 heterocycles. The lowest BCUT2D eigenvalue weighted by atomic mass is 10.1. The number of nitrogens with two attached hydrogens (primary N) is 1. The van der Waals surface area contributed by atoms with Crippen LogP contribution in [0.1, 0.15) is 90.9 Å². The number of guanidine groups is 1. The van der Waals surface area contributed by atoms with Crippen molar-refractivity contribution in [1.29, 1.82) is 5.41 Å². The molecule has 0 saturated heterocycles. The molecule has 120 valence electrons. The topological polar surface area (TPSA) is 53.1 Å². The van der Waals surface area contributed by atoms with E-state index in [1.165, 1.54) is 77.0 Å². The van der Waals surface area contributed by atoms with Crippen LogP contribution in [0, 0.1) is 5.41 Å². The Bertz CT molecular complexity index is 200. The Balaban J connectivity index is 3.53. The highest BCUT2D eigenvalue weighted by molar-refractivity contribution is 5.74. The third-order valence-electron chi connectivity index (χ3n) is 3.90. The number of hydrogen-bond acceptors (Lipinski definition) is 1. The average molecular weight is 284 g/mol. The van der Waals surface area contributed by atoms with Crippen LogP contribution in [0.2, 0.25) is 0 Å². The van der Waals surface area contributed by atoms with Gasteiger partial charge in [-0.15, -0.1) is 0 Å². The van der Waals surface area contributed by atoms with Gasteiger partial charge < -0.3 is 10.6 Å². The van der Waals surface area contributed by atoms with Crippen molar-refractivity contribution in [3.05, 3.63) is 0 Å². The molecule has 0 aromatic heterocycles. The zero-order chi connectivity index (χ0) is 15.1. The molecule has 0 spiro atoms. The van der Waals surface area contributed by atoms with Gasteiger partial charge in [0.2, 0.25) is 0 Å². The van der Waals surface area contributed by atoms with Gasteiger partial charge in [0, 0.05) is 13.1 Å². The van der Waals surface area contributed by atoms with Crippen LogP contribution in [0.3, 0.4) is 0 Å². The predicted molar refractivity (Wildman–Crippen MR) is 90.2 cm³/mol. The molecule has 0 rings (SSSR count). The summed E-state index contributed by atoms with van der Waals surface area (Å²) in [5, 5.41) is 7.65. The molecule has 0 saturated carbocycles. The summed E-state index contributed by atoms with van der Waals surface area (Å²) in [5.74, 6) is 0.257. The summed E-state index contributed by atoms with van der Waals surface area (Å²) < 4.78 is 0. The number of nitrogens with zero attached hydrogens (tertiary/aromatic N) is 1. The van der Waals surface area contributed by atoms with Crippen molar-refractivity contribution in [2.45, 2.75) is 90.9 Å². The molecule has 0 amide bonds. The number of unbranched alkanes of at least 4 members (excludes halogenated alkanes) is 10. The third kappa shape index (κ3) is 12.3. The first kappa shape index (κ1) is 19.3. The molecular weight excluding hydrogens is 246 g/mol. The Morgan fingerprint density at radius 3 is 1.40 bits per heavy atom. The minimum Gasteiger partial charge on any atom is -0.370 e. The first-order valence-electron chi connectivity index (χ1n) is 8.81. The summed E-state index contributed by atoms with van der Waals surface area (Å²) >= 11 is 0. The van der Waals surface area contributed by atoms with E-state index in [1.54, 1.807) is 0 Å². The quantitative estimate of drug-likeness (QED) is 0.270. The molecule has 0 fully saturated rings. The molecule has 0 unspecified atom stereocenters. The summed E-state index contributed by atoms with van der Waals surface area (Å²) in [6.07, 6.45) is 15.6. The van der Waals surface area contributed by atoms with Crippen LogP contribution < -0.4 is 5.73 Å². The zero-order valence-corrected chi connectivity index (χ0v) is 13.9. The fourth-order valence-corrected chi connectivity index (χ4v) is 2.52. The van der Waals surface area contributed by atoms with Crippen LogP contribution >= 0.6 is 0 Å². The maximum atomic E-state index is 7.65. The van der Waals surface area contributed by atoms with Gasteiger partial charge in [0.25, 0.3) is 0 Å². The molecule has 0 aliphatic rings. The first-order valence-corrected chi connectivity index (χ1v) is 8.81. The summed E-state index contributed by atoms with van der Waals surface area (Å²) in [6, 6.07) is 0. The van der Waals surface area contributed by atoms with Gasteiger partial charge >= 0.3 is 0 Å². The van der Waals surface area contributed by atoms with E-state index in [0.717, 1.165) is 13.1 Å². The van der Waals surface area contributed by atoms with E-state index < -0.39 is 0 Å². The predicted octanol–water partition coefficient (Wildman–Crippen LogP) is 4.90. The highest BCUT2D eigenvalue weighted by Crippen LogP contribution is 2.08. The second-order valence-electron chi connectivity index (χ2n) is 5.91. The fourth-order valence-electron chi connectivity index (χ4n) is 2.52. The van der Waals surface area contributed by atoms with Crippen molar-refractivity contribution in [2.24, 2.45) is 5.73 Å². The first-order chi connectivity index (χ1) is 9.72. The molecule has 3 N–H and O–H groups in total. The SMILES string of the molecule is CCCCCCCCN(CCCCCCCC)C(=N)N. The van der Waals surface area contributed by atoms with Gasteiger partial charge in [0.15, 0.2) is 5.96 Å². The minimum absolute atomic E-state index is 0.257. The van der Waals surface area contributed by atoms with Gasteiger partial charge in [-0.25, -0.2) is 0 Å². The highest BCUT2D eigenvalue weighted by Gasteiger charge is 2.05. The maximum absolute atomic E-state index is 7.65. The van der Waals surface area contributed by atoms with Crippen molar-refractivity contribution in [1.82, 2.24) is 4.90 Å². The third-order valence-corrected chi connectivity index (χ3v) is 3.90. The Morgan fingerprint density at radius 1 is 0.700 bits per heavy atom. The molecule has 0 aromatic rings. The second-order valence-corrected chi connectivity index (χ2v) is 5.91. The Morgan fingerprint density at radius 2 is 1.05 bits per heavy atom. The van der Waals surface area contributed by atoms with Gasteiger partial charge in [-0.3, -0.25) is 5.41 Å². The minimum atomic E-state index is 0.257. The maximum Gasteiger partial charge on any atom is 0.188 e. The van der Waals surface area contributed by atoms with Gasteiger partial charge in [0.05, 0.1) is 0 Å². The Kier molecular flexibility index (Phi) is 14.1. The summed E-state index contributed by atoms with van der Waals surface area (Å²) in [7, 11) is 0. The number of rotatable bonds is 14. The lowest BCUT2D eigenvalue weighted by molar-refractivity contribution is 0.379. The van der Waals surface area contributed by atoms with E-state index in [-0.39, 0.29) is 5.96 Å². The second kappa shape index (κ2) is 14.7. The molecule has 20 heavy (non-hydrogen) atoms. The smallest absolute Gasteiger partial charge is 0.188 e. The van der Waals surface area contributed by atoms with Crippen LogP contribution in [0.15, 0.2) is 0 Å². The Hall–Kier alpha value is -0.730. The molecule has 0 radical (unpaired) electrons. The fraction of sp³-hybridized carbons (Fsp3) is 0.941. The van der Waals surface area contributed by atoms with Crippen LogP contribution in [0.4, 0.5) is 0 Å². The highest BCUT2D eigenvalue weighted by atomic mass is 15.2. The molecule has 0 bridgehead atoms. The molecule has 0 aliphatic carbocycles. The summed E-state index contributed by atoms with van der Waals surface area (Å²) in [6.45, 7) is 6.43. The van der Waals surface area contributed by atoms with Crippen molar-refractivity contribution in [2.75, 3.05) is 13.1 Å². The van der Waals surface area contributed by atoms with E-state index >= 15 is 0 Å². The normalized spacial score (nSPS) is 10.7. The van der Waals surface area contributed by atoms with E-state index in [0.29, 0.717) is 0 Å². The molecule has 3 nitrogen and oxygen atoms in total. The zero-order valence-electron chi connectivity index (χ0n) is 13.9. The lowest BCUT2D eigenvalue weighted by Gasteiger charge is -2.22. The molecular formula is C17H37N3. The number of hydrogen-bond donors (Lipinski definition) is 2. The van der Waals surface area contributed by atoms with Gasteiger partial charge in [-0.2, -0.15) is 0 Å². The van der Waals surface area contributed by atoms with E-state index in [9.17, 15) is 0 Å². The van der Waals surface area contributed by atoms with Crippen LogP contribution in [-0.2, 0) is 0 Å².